The van der Waals surface area contributed by atoms with Gasteiger partial charge in [0.15, 0.2) is 0 Å². The maximum absolute atomic E-state index is 4.43. The molecule has 2 aliphatic heterocycles. The van der Waals surface area contributed by atoms with Gasteiger partial charge >= 0.3 is 0 Å². The fourth-order valence-electron chi connectivity index (χ4n) is 5.31. The van der Waals surface area contributed by atoms with Gasteiger partial charge in [0.25, 0.3) is 0 Å². The van der Waals surface area contributed by atoms with Crippen molar-refractivity contribution in [1.82, 2.24) is 14.9 Å². The zero-order valence-electron chi connectivity index (χ0n) is 16.8. The molecule has 2 aromatic heterocycles. The predicted octanol–water partition coefficient (Wildman–Crippen LogP) is 5.97. The number of pyridine rings is 1. The van der Waals surface area contributed by atoms with Crippen LogP contribution < -0.4 is 0 Å². The Balaban J connectivity index is 1.66. The third-order valence-electron chi connectivity index (χ3n) is 6.47. The van der Waals surface area contributed by atoms with Gasteiger partial charge in [0.05, 0.1) is 11.7 Å². The van der Waals surface area contributed by atoms with Crippen molar-refractivity contribution in [3.05, 3.63) is 114 Å². The normalized spacial score (nSPS) is 17.5. The maximum Gasteiger partial charge on any atom is 0.0953 e. The summed E-state index contributed by atoms with van der Waals surface area (Å²) >= 11 is 0. The van der Waals surface area contributed by atoms with E-state index in [4.69, 9.17) is 0 Å². The van der Waals surface area contributed by atoms with E-state index in [0.717, 1.165) is 19.4 Å². The van der Waals surface area contributed by atoms with Gasteiger partial charge in [-0.3, -0.25) is 4.98 Å². The van der Waals surface area contributed by atoms with E-state index in [0.29, 0.717) is 0 Å². The molecular formula is C27H23N3. The smallest absolute Gasteiger partial charge is 0.0953 e. The molecule has 1 N–H and O–H groups in total. The van der Waals surface area contributed by atoms with Crippen LogP contribution in [0.3, 0.4) is 0 Å². The Hall–Kier alpha value is -3.59. The monoisotopic (exact) mass is 389 g/mol. The van der Waals surface area contributed by atoms with Crippen LogP contribution in [0.15, 0.2) is 85.7 Å². The molecule has 2 aliphatic rings. The fourth-order valence-corrected chi connectivity index (χ4v) is 5.31. The molecule has 1 atom stereocenters. The van der Waals surface area contributed by atoms with Crippen molar-refractivity contribution >= 4 is 22.2 Å². The van der Waals surface area contributed by atoms with E-state index in [1.165, 1.54) is 50.1 Å². The van der Waals surface area contributed by atoms with Crippen LogP contribution >= 0.6 is 0 Å². The Morgan fingerprint density at radius 2 is 1.93 bits per heavy atom. The van der Waals surface area contributed by atoms with Gasteiger partial charge in [-0.2, -0.15) is 0 Å². The summed E-state index contributed by atoms with van der Waals surface area (Å²) in [5.74, 6) is 0. The number of hydrogen-bond donors (Lipinski definition) is 1. The average Bonchev–Trinajstić information content (AvgIpc) is 3.18. The van der Waals surface area contributed by atoms with E-state index in [2.05, 4.69) is 76.0 Å². The van der Waals surface area contributed by atoms with Crippen LogP contribution in [-0.4, -0.2) is 21.4 Å². The molecule has 0 aliphatic carbocycles. The molecule has 0 spiro atoms. The second-order valence-electron chi connectivity index (χ2n) is 8.06. The van der Waals surface area contributed by atoms with Crippen LogP contribution in [0.4, 0.5) is 0 Å². The first kappa shape index (κ1) is 17.3. The fraction of sp³-hybridized carbons (Fsp3) is 0.148. The number of aromatic nitrogens is 2. The van der Waals surface area contributed by atoms with Crippen molar-refractivity contribution in [2.75, 3.05) is 6.54 Å². The van der Waals surface area contributed by atoms with Crippen molar-refractivity contribution in [3.8, 4) is 0 Å². The molecule has 0 saturated carbocycles. The molecule has 3 heteroatoms. The first-order valence-electron chi connectivity index (χ1n) is 10.6. The van der Waals surface area contributed by atoms with E-state index in [9.17, 15) is 0 Å². The van der Waals surface area contributed by atoms with Crippen LogP contribution in [-0.2, 0) is 6.42 Å². The first-order chi connectivity index (χ1) is 14.9. The van der Waals surface area contributed by atoms with Gasteiger partial charge in [-0.05, 0) is 53.3 Å². The van der Waals surface area contributed by atoms with Gasteiger partial charge in [0.2, 0.25) is 0 Å². The van der Waals surface area contributed by atoms with Gasteiger partial charge in [-0.15, -0.1) is 6.58 Å². The average molecular weight is 390 g/mol. The first-order valence-corrected chi connectivity index (χ1v) is 10.6. The lowest BCUT2D eigenvalue weighted by atomic mass is 9.81. The van der Waals surface area contributed by atoms with E-state index in [1.807, 2.05) is 24.5 Å². The van der Waals surface area contributed by atoms with E-state index < -0.39 is 0 Å². The minimum atomic E-state index is 0.182. The Labute approximate surface area is 176 Å². The second-order valence-corrected chi connectivity index (χ2v) is 8.06. The number of allylic oxidation sites excluding steroid dienone is 2. The third-order valence-corrected chi connectivity index (χ3v) is 6.47. The molecule has 4 aromatic rings. The second kappa shape index (κ2) is 6.74. The van der Waals surface area contributed by atoms with Gasteiger partial charge < -0.3 is 9.88 Å². The molecule has 146 valence electrons. The summed E-state index contributed by atoms with van der Waals surface area (Å²) in [5.41, 5.74) is 10.5. The number of aromatic amines is 1. The highest BCUT2D eigenvalue weighted by molar-refractivity contribution is 5.94. The van der Waals surface area contributed by atoms with Crippen molar-refractivity contribution in [2.45, 2.75) is 18.9 Å². The summed E-state index contributed by atoms with van der Waals surface area (Å²) in [6.07, 6.45) is 7.72. The number of hydrogen-bond acceptors (Lipinski definition) is 2. The van der Waals surface area contributed by atoms with Crippen molar-refractivity contribution < 1.29 is 0 Å². The minimum Gasteiger partial charge on any atom is -0.358 e. The third kappa shape index (κ3) is 2.42. The van der Waals surface area contributed by atoms with E-state index in [-0.39, 0.29) is 6.04 Å². The molecule has 3 nitrogen and oxygen atoms in total. The standard InChI is InChI=1S/C27H23N3/c1-2-8-22-19-10-3-4-12-23(19)27-25-21(20-11-5-6-13-24(20)29-25)14-16-30(27)26(22)18-9-7-15-28-17-18/h2-7,9-13,15,17,27,29H,1,8,14,16H2. The zero-order valence-corrected chi connectivity index (χ0v) is 16.8. The summed E-state index contributed by atoms with van der Waals surface area (Å²) in [5, 5.41) is 1.36. The summed E-state index contributed by atoms with van der Waals surface area (Å²) < 4.78 is 0. The molecular weight excluding hydrogens is 366 g/mol. The number of benzene rings is 2. The molecule has 0 saturated heterocycles. The van der Waals surface area contributed by atoms with Crippen LogP contribution in [0.2, 0.25) is 0 Å². The summed E-state index contributed by atoms with van der Waals surface area (Å²) in [7, 11) is 0. The highest BCUT2D eigenvalue weighted by Crippen LogP contribution is 2.50. The summed E-state index contributed by atoms with van der Waals surface area (Å²) in [6, 6.07) is 21.9. The van der Waals surface area contributed by atoms with Crippen LogP contribution in [0, 0.1) is 0 Å². The maximum atomic E-state index is 4.43. The SMILES string of the molecule is C=CCC1=C(c2cccnc2)N2CCc3c([nH]c4ccccc34)C2c2ccccc21. The van der Waals surface area contributed by atoms with Gasteiger partial charge in [0.1, 0.15) is 0 Å². The van der Waals surface area contributed by atoms with Crippen LogP contribution in [0.5, 0.6) is 0 Å². The highest BCUT2D eigenvalue weighted by atomic mass is 15.2. The minimum absolute atomic E-state index is 0.182. The van der Waals surface area contributed by atoms with Gasteiger partial charge in [-0.1, -0.05) is 48.5 Å². The Morgan fingerprint density at radius 3 is 2.80 bits per heavy atom. The summed E-state index contributed by atoms with van der Waals surface area (Å²) in [4.78, 5) is 10.8. The molecule has 30 heavy (non-hydrogen) atoms. The zero-order chi connectivity index (χ0) is 20.1. The molecule has 0 bridgehead atoms. The van der Waals surface area contributed by atoms with Crippen LogP contribution in [0.25, 0.3) is 22.2 Å². The lowest BCUT2D eigenvalue weighted by molar-refractivity contribution is 0.312. The molecule has 4 heterocycles. The number of para-hydroxylation sites is 1. The topological polar surface area (TPSA) is 31.9 Å². The number of rotatable bonds is 3. The largest absolute Gasteiger partial charge is 0.358 e. The molecule has 2 aromatic carbocycles. The lowest BCUT2D eigenvalue weighted by Crippen LogP contribution is -2.38. The van der Waals surface area contributed by atoms with Crippen molar-refractivity contribution in [1.29, 1.82) is 0 Å². The van der Waals surface area contributed by atoms with Gasteiger partial charge in [-0.25, -0.2) is 0 Å². The number of nitrogens with one attached hydrogen (secondary N) is 1. The highest BCUT2D eigenvalue weighted by Gasteiger charge is 2.38. The molecule has 1 unspecified atom stereocenters. The summed E-state index contributed by atoms with van der Waals surface area (Å²) in [6.45, 7) is 5.03. The molecule has 6 rings (SSSR count). The Morgan fingerprint density at radius 1 is 1.07 bits per heavy atom. The van der Waals surface area contributed by atoms with Crippen molar-refractivity contribution in [3.63, 3.8) is 0 Å². The van der Waals surface area contributed by atoms with Gasteiger partial charge in [0, 0.05) is 41.1 Å². The number of H-pyrrole nitrogens is 1. The number of nitrogens with zero attached hydrogens (tertiary/aromatic N) is 2. The predicted molar refractivity (Wildman–Crippen MR) is 123 cm³/mol. The molecule has 0 amide bonds. The Kier molecular flexibility index (Phi) is 3.88. The quantitative estimate of drug-likeness (QED) is 0.438. The number of fused-ring (bicyclic) bond motifs is 7. The lowest BCUT2D eigenvalue weighted by Gasteiger charge is -2.44. The Bertz CT molecular complexity index is 1300. The van der Waals surface area contributed by atoms with E-state index >= 15 is 0 Å². The van der Waals surface area contributed by atoms with E-state index in [1.54, 1.807) is 0 Å². The van der Waals surface area contributed by atoms with Crippen molar-refractivity contribution in [2.24, 2.45) is 0 Å². The molecule has 0 radical (unpaired) electrons. The molecule has 0 fully saturated rings. The van der Waals surface area contributed by atoms with Crippen LogP contribution in [0.1, 0.15) is 40.4 Å².